The summed E-state index contributed by atoms with van der Waals surface area (Å²) in [7, 11) is 0. The van der Waals surface area contributed by atoms with Gasteiger partial charge in [0.15, 0.2) is 18.9 Å². The van der Waals surface area contributed by atoms with Gasteiger partial charge in [0.25, 0.3) is 0 Å². The molecule has 0 aromatic carbocycles. The summed E-state index contributed by atoms with van der Waals surface area (Å²) in [4.78, 5) is 13.2. The van der Waals surface area contributed by atoms with E-state index in [1.807, 2.05) is 0 Å². The number of carbonyl (C=O) groups is 1. The summed E-state index contributed by atoms with van der Waals surface area (Å²) in [5.41, 5.74) is 0. The highest BCUT2D eigenvalue weighted by atomic mass is 16.8. The average molecular weight is 1060 g/mol. The van der Waals surface area contributed by atoms with Gasteiger partial charge in [-0.25, -0.2) is 0 Å². The number of aliphatic hydroxyl groups is 11. The Morgan fingerprint density at radius 2 is 0.892 bits per heavy atom. The fraction of sp³-hybridized carbons (Fsp3) is 0.909. The van der Waals surface area contributed by atoms with E-state index in [2.05, 4.69) is 43.5 Å². The van der Waals surface area contributed by atoms with E-state index >= 15 is 0 Å². The zero-order valence-corrected chi connectivity index (χ0v) is 44.8. The summed E-state index contributed by atoms with van der Waals surface area (Å²) < 4.78 is 34.0. The number of aliphatic hydroxyl groups excluding tert-OH is 11. The van der Waals surface area contributed by atoms with E-state index in [1.165, 1.54) is 103 Å². The molecule has 74 heavy (non-hydrogen) atoms. The van der Waals surface area contributed by atoms with Crippen LogP contribution in [0.4, 0.5) is 0 Å². The minimum absolute atomic E-state index is 0.253. The minimum Gasteiger partial charge on any atom is -0.394 e. The van der Waals surface area contributed by atoms with Gasteiger partial charge < -0.3 is 89.9 Å². The van der Waals surface area contributed by atoms with Crippen LogP contribution in [0.25, 0.3) is 0 Å². The summed E-state index contributed by atoms with van der Waals surface area (Å²) in [5, 5.41) is 119. The molecule has 0 aliphatic carbocycles. The molecule has 3 aliphatic heterocycles. The van der Waals surface area contributed by atoms with Crippen molar-refractivity contribution in [1.29, 1.82) is 0 Å². The maximum Gasteiger partial charge on any atom is 0.220 e. The van der Waals surface area contributed by atoms with Gasteiger partial charge in [0.1, 0.15) is 73.2 Å². The van der Waals surface area contributed by atoms with Crippen LogP contribution in [0.3, 0.4) is 0 Å². The molecule has 12 N–H and O–H groups in total. The lowest BCUT2D eigenvalue weighted by atomic mass is 9.96. The lowest BCUT2D eigenvalue weighted by Crippen LogP contribution is -2.66. The van der Waals surface area contributed by atoms with Crippen molar-refractivity contribution in [2.45, 2.75) is 291 Å². The maximum atomic E-state index is 13.2. The van der Waals surface area contributed by atoms with Gasteiger partial charge in [0.05, 0.1) is 38.6 Å². The van der Waals surface area contributed by atoms with Crippen LogP contribution >= 0.6 is 0 Å². The van der Waals surface area contributed by atoms with Gasteiger partial charge in [0, 0.05) is 6.42 Å². The lowest BCUT2D eigenvalue weighted by molar-refractivity contribution is -0.379. The van der Waals surface area contributed by atoms with Crippen LogP contribution in [-0.2, 0) is 33.2 Å². The Morgan fingerprint density at radius 1 is 0.486 bits per heavy atom. The molecule has 3 heterocycles. The normalized spacial score (nSPS) is 31.6. The Hall–Kier alpha value is -1.73. The highest BCUT2D eigenvalue weighted by Crippen LogP contribution is 2.33. The van der Waals surface area contributed by atoms with Crippen molar-refractivity contribution in [2.24, 2.45) is 0 Å². The van der Waals surface area contributed by atoms with Crippen LogP contribution in [0.15, 0.2) is 24.3 Å². The molecule has 0 saturated carbocycles. The highest BCUT2D eigenvalue weighted by molar-refractivity contribution is 5.76. The van der Waals surface area contributed by atoms with Gasteiger partial charge in [-0.15, -0.1) is 0 Å². The fourth-order valence-electron chi connectivity index (χ4n) is 9.75. The molecule has 0 radical (unpaired) electrons. The zero-order chi connectivity index (χ0) is 54.1. The van der Waals surface area contributed by atoms with Crippen molar-refractivity contribution < 1.29 is 89.4 Å². The first-order valence-corrected chi connectivity index (χ1v) is 28.6. The Labute approximate surface area is 441 Å². The minimum atomic E-state index is -1.97. The number of hydrogen-bond donors (Lipinski definition) is 12. The molecule has 17 atom stereocenters. The largest absolute Gasteiger partial charge is 0.394 e. The van der Waals surface area contributed by atoms with Crippen LogP contribution in [0.2, 0.25) is 0 Å². The summed E-state index contributed by atoms with van der Waals surface area (Å²) in [6, 6.07) is -0.881. The number of nitrogens with one attached hydrogen (secondary N) is 1. The van der Waals surface area contributed by atoms with Gasteiger partial charge >= 0.3 is 0 Å². The zero-order valence-electron chi connectivity index (χ0n) is 44.8. The summed E-state index contributed by atoms with van der Waals surface area (Å²) in [6.45, 7) is 1.62. The third kappa shape index (κ3) is 24.1. The lowest BCUT2D eigenvalue weighted by Gasteiger charge is -2.48. The standard InChI is InChI=1S/C55H101NO18/c1-3-5-7-9-10-11-12-13-14-15-16-17-18-19-20-21-22-23-24-25-26-27-28-29-31-33-43(61)56-38(39(60)32-30-8-6-4-2)37-69-53-49(67)46(64)51(41(35-58)71-53)74-55-50(68)47(65)52(42(36-59)72-55)73-54-48(66)45(63)44(62)40(34-57)70-54/h12-13,15-16,38-42,44-55,57-60,62-68H,3-11,14,17-37H2,1-2H3,(H,56,61)/b13-12-,16-15-. The molecule has 0 spiro atoms. The summed E-state index contributed by atoms with van der Waals surface area (Å²) >= 11 is 0. The second-order valence-electron chi connectivity index (χ2n) is 20.8. The highest BCUT2D eigenvalue weighted by Gasteiger charge is 2.53. The number of ether oxygens (including phenoxy) is 6. The summed E-state index contributed by atoms with van der Waals surface area (Å²) in [5.74, 6) is -0.253. The molecule has 19 nitrogen and oxygen atoms in total. The third-order valence-corrected chi connectivity index (χ3v) is 14.5. The second kappa shape index (κ2) is 39.6. The molecule has 3 fully saturated rings. The van der Waals surface area contributed by atoms with E-state index in [9.17, 15) is 61.0 Å². The van der Waals surface area contributed by atoms with E-state index in [4.69, 9.17) is 28.4 Å². The van der Waals surface area contributed by atoms with E-state index in [0.29, 0.717) is 19.3 Å². The van der Waals surface area contributed by atoms with Crippen molar-refractivity contribution in [3.05, 3.63) is 24.3 Å². The number of carbonyl (C=O) groups excluding carboxylic acids is 1. The number of hydrogen-bond acceptors (Lipinski definition) is 18. The van der Waals surface area contributed by atoms with Gasteiger partial charge in [-0.05, 0) is 44.9 Å². The number of rotatable bonds is 41. The molecule has 0 bridgehead atoms. The molecule has 19 heteroatoms. The first-order valence-electron chi connectivity index (χ1n) is 28.6. The molecule has 3 rings (SSSR count). The van der Waals surface area contributed by atoms with Crippen LogP contribution in [0.5, 0.6) is 0 Å². The summed E-state index contributed by atoms with van der Waals surface area (Å²) in [6.07, 6.45) is 12.3. The Morgan fingerprint density at radius 3 is 1.38 bits per heavy atom. The van der Waals surface area contributed by atoms with E-state index < -0.39 is 124 Å². The Kier molecular flexibility index (Phi) is 35.6. The van der Waals surface area contributed by atoms with Gasteiger partial charge in [-0.3, -0.25) is 4.79 Å². The number of allylic oxidation sites excluding steroid dienone is 4. The third-order valence-electron chi connectivity index (χ3n) is 14.5. The Bertz CT molecular complexity index is 1460. The quantitative estimate of drug-likeness (QED) is 0.0304. The molecule has 0 aromatic heterocycles. The van der Waals surface area contributed by atoms with Crippen molar-refractivity contribution in [3.8, 4) is 0 Å². The average Bonchev–Trinajstić information content (AvgIpc) is 3.40. The smallest absolute Gasteiger partial charge is 0.220 e. The second-order valence-corrected chi connectivity index (χ2v) is 20.8. The molecule has 17 unspecified atom stereocenters. The SMILES string of the molecule is CCCCCCC/C=C\C/C=C\CCCCCCCCCCCCCCCC(=O)NC(COC1OC(CO)C(OC2OC(CO)C(OC3OC(CO)C(O)C(O)C3O)C(O)C2O)C(O)C1O)C(O)CCCCCC. The van der Waals surface area contributed by atoms with Crippen molar-refractivity contribution >= 4 is 5.91 Å². The van der Waals surface area contributed by atoms with Gasteiger partial charge in [-0.1, -0.05) is 160 Å². The van der Waals surface area contributed by atoms with Crippen LogP contribution in [0, 0.1) is 0 Å². The van der Waals surface area contributed by atoms with Crippen molar-refractivity contribution in [3.63, 3.8) is 0 Å². The molecular weight excluding hydrogens is 963 g/mol. The van der Waals surface area contributed by atoms with Crippen molar-refractivity contribution in [2.75, 3.05) is 26.4 Å². The topological polar surface area (TPSA) is 307 Å². The molecule has 3 saturated heterocycles. The molecular formula is C55H101NO18. The van der Waals surface area contributed by atoms with E-state index in [1.54, 1.807) is 0 Å². The van der Waals surface area contributed by atoms with E-state index in [-0.39, 0.29) is 18.9 Å². The van der Waals surface area contributed by atoms with Crippen LogP contribution in [0.1, 0.15) is 187 Å². The predicted octanol–water partition coefficient (Wildman–Crippen LogP) is 3.98. The first-order chi connectivity index (χ1) is 35.8. The Balaban J connectivity index is 1.36. The maximum absolute atomic E-state index is 13.2. The fourth-order valence-corrected chi connectivity index (χ4v) is 9.75. The van der Waals surface area contributed by atoms with Gasteiger partial charge in [-0.2, -0.15) is 0 Å². The predicted molar refractivity (Wildman–Crippen MR) is 277 cm³/mol. The molecule has 434 valence electrons. The van der Waals surface area contributed by atoms with Gasteiger partial charge in [0.2, 0.25) is 5.91 Å². The van der Waals surface area contributed by atoms with E-state index in [0.717, 1.165) is 44.9 Å². The van der Waals surface area contributed by atoms with Crippen LogP contribution in [-0.4, -0.2) is 193 Å². The first kappa shape index (κ1) is 66.5. The molecule has 0 aromatic rings. The van der Waals surface area contributed by atoms with Crippen molar-refractivity contribution in [1.82, 2.24) is 5.32 Å². The number of amides is 1. The monoisotopic (exact) mass is 1060 g/mol. The van der Waals surface area contributed by atoms with Crippen LogP contribution < -0.4 is 5.32 Å². The number of unbranched alkanes of at least 4 members (excludes halogenated alkanes) is 21. The molecule has 3 aliphatic rings. The molecule has 1 amide bonds.